The van der Waals surface area contributed by atoms with Gasteiger partial charge in [0.15, 0.2) is 0 Å². The molecule has 0 aliphatic carbocycles. The Labute approximate surface area is 96.8 Å². The monoisotopic (exact) mass is 217 g/mol. The Morgan fingerprint density at radius 2 is 1.75 bits per heavy atom. The van der Waals surface area contributed by atoms with Crippen LogP contribution in [0.15, 0.2) is 24.3 Å². The molecule has 2 N–H and O–H groups in total. The highest BCUT2D eigenvalue weighted by Gasteiger charge is 2.46. The standard InChI is InChI=1S/C13H19N3/c1-15-9-13(8-14,10-15)16-6-11-4-2-3-5-12(11)7-16/h2-5H,6-10,14H2,1H3. The van der Waals surface area contributed by atoms with E-state index in [9.17, 15) is 0 Å². The van der Waals surface area contributed by atoms with Gasteiger partial charge in [-0.2, -0.15) is 0 Å². The summed E-state index contributed by atoms with van der Waals surface area (Å²) >= 11 is 0. The highest BCUT2D eigenvalue weighted by Crippen LogP contribution is 2.33. The average Bonchev–Trinajstić information content (AvgIpc) is 2.68. The number of benzene rings is 1. The van der Waals surface area contributed by atoms with Gasteiger partial charge in [-0.25, -0.2) is 0 Å². The minimum absolute atomic E-state index is 0.230. The third kappa shape index (κ3) is 1.39. The predicted molar refractivity (Wildman–Crippen MR) is 65.0 cm³/mol. The second-order valence-corrected chi connectivity index (χ2v) is 5.23. The third-order valence-corrected chi connectivity index (χ3v) is 4.02. The number of likely N-dealkylation sites (N-methyl/N-ethyl adjacent to an activating group) is 1. The molecule has 2 aliphatic heterocycles. The number of likely N-dealkylation sites (tertiary alicyclic amines) is 1. The molecule has 16 heavy (non-hydrogen) atoms. The van der Waals surface area contributed by atoms with E-state index in [-0.39, 0.29) is 5.54 Å². The summed E-state index contributed by atoms with van der Waals surface area (Å²) in [6.07, 6.45) is 0. The first-order valence-corrected chi connectivity index (χ1v) is 5.94. The van der Waals surface area contributed by atoms with Crippen molar-refractivity contribution in [3.8, 4) is 0 Å². The number of nitrogens with two attached hydrogens (primary N) is 1. The fourth-order valence-corrected chi connectivity index (χ4v) is 3.09. The van der Waals surface area contributed by atoms with Crippen molar-refractivity contribution < 1.29 is 0 Å². The molecule has 3 rings (SSSR count). The lowest BCUT2D eigenvalue weighted by Gasteiger charge is -2.53. The zero-order valence-electron chi connectivity index (χ0n) is 9.82. The van der Waals surface area contributed by atoms with Crippen LogP contribution in [0.4, 0.5) is 0 Å². The van der Waals surface area contributed by atoms with Crippen LogP contribution >= 0.6 is 0 Å². The first-order chi connectivity index (χ1) is 7.73. The van der Waals surface area contributed by atoms with E-state index in [1.165, 1.54) is 11.1 Å². The van der Waals surface area contributed by atoms with E-state index < -0.39 is 0 Å². The summed E-state index contributed by atoms with van der Waals surface area (Å²) in [5.41, 5.74) is 9.16. The molecule has 2 aliphatic rings. The van der Waals surface area contributed by atoms with Crippen molar-refractivity contribution in [2.75, 3.05) is 26.7 Å². The largest absolute Gasteiger partial charge is 0.329 e. The van der Waals surface area contributed by atoms with Crippen molar-refractivity contribution in [1.82, 2.24) is 9.80 Å². The Hall–Kier alpha value is -0.900. The second-order valence-electron chi connectivity index (χ2n) is 5.23. The van der Waals surface area contributed by atoms with Gasteiger partial charge in [0.05, 0.1) is 5.54 Å². The van der Waals surface area contributed by atoms with Gasteiger partial charge in [-0.3, -0.25) is 4.90 Å². The lowest BCUT2D eigenvalue weighted by molar-refractivity contribution is -0.0389. The molecule has 0 amide bonds. The summed E-state index contributed by atoms with van der Waals surface area (Å²) in [6.45, 7) is 5.13. The van der Waals surface area contributed by atoms with Crippen molar-refractivity contribution in [2.45, 2.75) is 18.6 Å². The van der Waals surface area contributed by atoms with E-state index in [1.807, 2.05) is 0 Å². The van der Waals surface area contributed by atoms with Gasteiger partial charge in [-0.05, 0) is 18.2 Å². The van der Waals surface area contributed by atoms with Crippen LogP contribution in [0.1, 0.15) is 11.1 Å². The van der Waals surface area contributed by atoms with Gasteiger partial charge < -0.3 is 10.6 Å². The molecule has 0 aromatic heterocycles. The van der Waals surface area contributed by atoms with Crippen LogP contribution in [0.5, 0.6) is 0 Å². The molecule has 3 nitrogen and oxygen atoms in total. The van der Waals surface area contributed by atoms with E-state index >= 15 is 0 Å². The van der Waals surface area contributed by atoms with Crippen molar-refractivity contribution >= 4 is 0 Å². The molecule has 1 fully saturated rings. The van der Waals surface area contributed by atoms with E-state index in [0.717, 1.165) is 32.7 Å². The molecule has 1 aromatic carbocycles. The number of rotatable bonds is 2. The van der Waals surface area contributed by atoms with Gasteiger partial charge in [0, 0.05) is 32.7 Å². The Balaban J connectivity index is 1.80. The highest BCUT2D eigenvalue weighted by atomic mass is 15.4. The molecule has 1 aromatic rings. The lowest BCUT2D eigenvalue weighted by atomic mass is 9.88. The normalized spacial score (nSPS) is 24.1. The SMILES string of the molecule is CN1CC(CN)(N2Cc3ccccc3C2)C1. The highest BCUT2D eigenvalue weighted by molar-refractivity contribution is 5.31. The molecule has 0 bridgehead atoms. The number of hydrogen-bond acceptors (Lipinski definition) is 3. The topological polar surface area (TPSA) is 32.5 Å². The van der Waals surface area contributed by atoms with Crippen molar-refractivity contribution in [2.24, 2.45) is 5.73 Å². The number of hydrogen-bond donors (Lipinski definition) is 1. The van der Waals surface area contributed by atoms with Gasteiger partial charge in [-0.1, -0.05) is 24.3 Å². The van der Waals surface area contributed by atoms with Crippen LogP contribution in [0.3, 0.4) is 0 Å². The maximum atomic E-state index is 5.98. The van der Waals surface area contributed by atoms with E-state index in [4.69, 9.17) is 5.73 Å². The smallest absolute Gasteiger partial charge is 0.0592 e. The Morgan fingerprint density at radius 1 is 1.19 bits per heavy atom. The van der Waals surface area contributed by atoms with Crippen LogP contribution in [0, 0.1) is 0 Å². The predicted octanol–water partition coefficient (Wildman–Crippen LogP) is 0.645. The van der Waals surface area contributed by atoms with Gasteiger partial charge in [-0.15, -0.1) is 0 Å². The summed E-state index contributed by atoms with van der Waals surface area (Å²) in [7, 11) is 2.16. The number of fused-ring (bicyclic) bond motifs is 1. The summed E-state index contributed by atoms with van der Waals surface area (Å²) in [5.74, 6) is 0. The van der Waals surface area contributed by atoms with E-state index in [2.05, 4.69) is 41.1 Å². The van der Waals surface area contributed by atoms with Gasteiger partial charge in [0.2, 0.25) is 0 Å². The zero-order chi connectivity index (χ0) is 11.2. The molecule has 3 heteroatoms. The Kier molecular flexibility index (Phi) is 2.28. The maximum Gasteiger partial charge on any atom is 0.0592 e. The summed E-state index contributed by atoms with van der Waals surface area (Å²) < 4.78 is 0. The quantitative estimate of drug-likeness (QED) is 0.789. The van der Waals surface area contributed by atoms with Crippen LogP contribution in [0.25, 0.3) is 0 Å². The first kappa shape index (κ1) is 10.3. The molecular weight excluding hydrogens is 198 g/mol. The second kappa shape index (κ2) is 3.55. The zero-order valence-corrected chi connectivity index (χ0v) is 9.82. The lowest BCUT2D eigenvalue weighted by Crippen LogP contribution is -2.71. The third-order valence-electron chi connectivity index (χ3n) is 4.02. The molecule has 0 radical (unpaired) electrons. The Morgan fingerprint density at radius 3 is 2.19 bits per heavy atom. The molecule has 1 saturated heterocycles. The molecule has 2 heterocycles. The molecule has 86 valence electrons. The molecule has 0 spiro atoms. The summed E-state index contributed by atoms with van der Waals surface area (Å²) in [5, 5.41) is 0. The minimum atomic E-state index is 0.230. The summed E-state index contributed by atoms with van der Waals surface area (Å²) in [4.78, 5) is 4.90. The van der Waals surface area contributed by atoms with Crippen LogP contribution < -0.4 is 5.73 Å². The molecule has 0 unspecified atom stereocenters. The van der Waals surface area contributed by atoms with Crippen molar-refractivity contribution in [3.05, 3.63) is 35.4 Å². The van der Waals surface area contributed by atoms with E-state index in [0.29, 0.717) is 0 Å². The Bertz CT molecular complexity index is 371. The fraction of sp³-hybridized carbons (Fsp3) is 0.538. The van der Waals surface area contributed by atoms with Gasteiger partial charge in [0.25, 0.3) is 0 Å². The molecular formula is C13H19N3. The fourth-order valence-electron chi connectivity index (χ4n) is 3.09. The van der Waals surface area contributed by atoms with Gasteiger partial charge in [0.1, 0.15) is 0 Å². The average molecular weight is 217 g/mol. The molecule has 0 atom stereocenters. The summed E-state index contributed by atoms with van der Waals surface area (Å²) in [6, 6.07) is 8.73. The number of nitrogens with zero attached hydrogens (tertiary/aromatic N) is 2. The van der Waals surface area contributed by atoms with E-state index in [1.54, 1.807) is 0 Å². The van der Waals surface area contributed by atoms with Crippen LogP contribution in [0.2, 0.25) is 0 Å². The van der Waals surface area contributed by atoms with Crippen LogP contribution in [-0.2, 0) is 13.1 Å². The van der Waals surface area contributed by atoms with Crippen molar-refractivity contribution in [1.29, 1.82) is 0 Å². The first-order valence-electron chi connectivity index (χ1n) is 5.94. The maximum absolute atomic E-state index is 5.98. The van der Waals surface area contributed by atoms with Gasteiger partial charge >= 0.3 is 0 Å². The minimum Gasteiger partial charge on any atom is -0.329 e. The van der Waals surface area contributed by atoms with Crippen molar-refractivity contribution in [3.63, 3.8) is 0 Å². The molecule has 0 saturated carbocycles. The van der Waals surface area contributed by atoms with Crippen LogP contribution in [-0.4, -0.2) is 42.0 Å².